The average molecular weight is 282 g/mol. The smallest absolute Gasteiger partial charge is 0.379 e. The summed E-state index contributed by atoms with van der Waals surface area (Å²) in [5, 5.41) is 0. The van der Waals surface area contributed by atoms with Gasteiger partial charge in [-0.3, -0.25) is 0 Å². The van der Waals surface area contributed by atoms with E-state index in [1.54, 1.807) is 0 Å². The molecular formula is C14H25F3O2. The van der Waals surface area contributed by atoms with Crippen molar-refractivity contribution in [3.05, 3.63) is 0 Å². The van der Waals surface area contributed by atoms with Gasteiger partial charge in [-0.15, -0.1) is 0 Å². The molecule has 0 aliphatic carbocycles. The lowest BCUT2D eigenvalue weighted by atomic mass is 10.1. The summed E-state index contributed by atoms with van der Waals surface area (Å²) in [6, 6.07) is 0. The van der Waals surface area contributed by atoms with Crippen molar-refractivity contribution in [1.29, 1.82) is 0 Å². The van der Waals surface area contributed by atoms with Crippen LogP contribution in [-0.2, 0) is 9.47 Å². The summed E-state index contributed by atoms with van der Waals surface area (Å²) < 4.78 is 46.6. The second kappa shape index (κ2) is 9.59. The largest absolute Gasteiger partial charge is 0.389 e. The van der Waals surface area contributed by atoms with Crippen LogP contribution in [0.25, 0.3) is 0 Å². The number of unbranched alkanes of at least 4 members (excludes halogenated alkanes) is 5. The van der Waals surface area contributed by atoms with Crippen LogP contribution in [0.15, 0.2) is 0 Å². The molecule has 5 heteroatoms. The molecule has 0 radical (unpaired) electrons. The van der Waals surface area contributed by atoms with Crippen LogP contribution < -0.4 is 0 Å². The van der Waals surface area contributed by atoms with Gasteiger partial charge < -0.3 is 9.47 Å². The molecule has 0 amide bonds. The SMILES string of the molecule is FC(F)(F)CCCCCCCCOCC1CCCO1. The van der Waals surface area contributed by atoms with E-state index in [4.69, 9.17) is 9.47 Å². The van der Waals surface area contributed by atoms with Gasteiger partial charge in [0.25, 0.3) is 0 Å². The van der Waals surface area contributed by atoms with Crippen LogP contribution >= 0.6 is 0 Å². The number of hydrogen-bond acceptors (Lipinski definition) is 2. The third-order valence-electron chi connectivity index (χ3n) is 3.33. The maximum Gasteiger partial charge on any atom is 0.389 e. The van der Waals surface area contributed by atoms with Crippen molar-refractivity contribution in [2.75, 3.05) is 19.8 Å². The molecule has 2 nitrogen and oxygen atoms in total. The molecule has 1 rings (SSSR count). The van der Waals surface area contributed by atoms with Crippen molar-refractivity contribution >= 4 is 0 Å². The summed E-state index contributed by atoms with van der Waals surface area (Å²) in [7, 11) is 0. The number of hydrogen-bond donors (Lipinski definition) is 0. The molecule has 0 saturated carbocycles. The lowest BCUT2D eigenvalue weighted by Gasteiger charge is -2.09. The van der Waals surface area contributed by atoms with Crippen molar-refractivity contribution in [1.82, 2.24) is 0 Å². The normalized spacial score (nSPS) is 20.1. The second-order valence-corrected chi connectivity index (χ2v) is 5.20. The zero-order chi connectivity index (χ0) is 14.0. The third-order valence-corrected chi connectivity index (χ3v) is 3.33. The molecule has 0 N–H and O–H groups in total. The van der Waals surface area contributed by atoms with E-state index in [1.807, 2.05) is 0 Å². The third kappa shape index (κ3) is 10.2. The summed E-state index contributed by atoms with van der Waals surface area (Å²) in [6.07, 6.45) is 2.74. The zero-order valence-corrected chi connectivity index (χ0v) is 11.5. The van der Waals surface area contributed by atoms with E-state index in [0.717, 1.165) is 51.7 Å². The highest BCUT2D eigenvalue weighted by atomic mass is 19.4. The Bertz CT molecular complexity index is 213. The molecule has 1 fully saturated rings. The van der Waals surface area contributed by atoms with Crippen LogP contribution in [-0.4, -0.2) is 32.1 Å². The summed E-state index contributed by atoms with van der Waals surface area (Å²) in [6.45, 7) is 2.28. The monoisotopic (exact) mass is 282 g/mol. The van der Waals surface area contributed by atoms with Gasteiger partial charge in [-0.2, -0.15) is 13.2 Å². The van der Waals surface area contributed by atoms with Crippen molar-refractivity contribution in [2.24, 2.45) is 0 Å². The molecule has 1 unspecified atom stereocenters. The summed E-state index contributed by atoms with van der Waals surface area (Å²) in [5.74, 6) is 0. The van der Waals surface area contributed by atoms with Crippen LogP contribution in [0.3, 0.4) is 0 Å². The van der Waals surface area contributed by atoms with E-state index in [2.05, 4.69) is 0 Å². The van der Waals surface area contributed by atoms with Gasteiger partial charge in [-0.25, -0.2) is 0 Å². The Morgan fingerprint density at radius 3 is 2.32 bits per heavy atom. The molecule has 0 aromatic carbocycles. The van der Waals surface area contributed by atoms with Crippen molar-refractivity contribution in [3.63, 3.8) is 0 Å². The molecule has 0 spiro atoms. The maximum absolute atomic E-state index is 11.9. The van der Waals surface area contributed by atoms with E-state index in [1.165, 1.54) is 0 Å². The van der Waals surface area contributed by atoms with Gasteiger partial charge in [0.2, 0.25) is 0 Å². The predicted molar refractivity (Wildman–Crippen MR) is 68.2 cm³/mol. The lowest BCUT2D eigenvalue weighted by molar-refractivity contribution is -0.135. The summed E-state index contributed by atoms with van der Waals surface area (Å²) in [5.41, 5.74) is 0. The lowest BCUT2D eigenvalue weighted by Crippen LogP contribution is -2.14. The highest BCUT2D eigenvalue weighted by Gasteiger charge is 2.25. The highest BCUT2D eigenvalue weighted by Crippen LogP contribution is 2.23. The van der Waals surface area contributed by atoms with Gasteiger partial charge in [0.05, 0.1) is 12.7 Å². The minimum atomic E-state index is -3.99. The zero-order valence-electron chi connectivity index (χ0n) is 11.5. The standard InChI is InChI=1S/C14H25F3O2/c15-14(16,17)9-5-3-1-2-4-6-10-18-12-13-8-7-11-19-13/h13H,1-12H2. The maximum atomic E-state index is 11.9. The van der Waals surface area contributed by atoms with Gasteiger partial charge in [0.1, 0.15) is 0 Å². The Labute approximate surface area is 113 Å². The van der Waals surface area contributed by atoms with Gasteiger partial charge in [0, 0.05) is 19.6 Å². The Hall–Kier alpha value is -0.290. The number of ether oxygens (including phenoxy) is 2. The molecule has 0 aromatic heterocycles. The first-order valence-corrected chi connectivity index (χ1v) is 7.34. The van der Waals surface area contributed by atoms with Crippen LogP contribution in [0.1, 0.15) is 57.8 Å². The second-order valence-electron chi connectivity index (χ2n) is 5.20. The molecule has 1 aliphatic heterocycles. The molecule has 0 bridgehead atoms. The molecule has 1 saturated heterocycles. The van der Waals surface area contributed by atoms with E-state index in [-0.39, 0.29) is 12.5 Å². The Morgan fingerprint density at radius 1 is 1.00 bits per heavy atom. The molecular weight excluding hydrogens is 257 g/mol. The number of halogens is 3. The van der Waals surface area contributed by atoms with Crippen LogP contribution in [0, 0.1) is 0 Å². The van der Waals surface area contributed by atoms with E-state index in [9.17, 15) is 13.2 Å². The molecule has 1 aliphatic rings. The quantitative estimate of drug-likeness (QED) is 0.550. The van der Waals surface area contributed by atoms with E-state index >= 15 is 0 Å². The minimum absolute atomic E-state index is 0.263. The topological polar surface area (TPSA) is 18.5 Å². The van der Waals surface area contributed by atoms with Crippen LogP contribution in [0.4, 0.5) is 13.2 Å². The van der Waals surface area contributed by atoms with Gasteiger partial charge in [0.15, 0.2) is 0 Å². The Morgan fingerprint density at radius 2 is 1.68 bits per heavy atom. The highest BCUT2D eigenvalue weighted by molar-refractivity contribution is 4.63. The Kier molecular flexibility index (Phi) is 8.46. The summed E-state index contributed by atoms with van der Waals surface area (Å²) in [4.78, 5) is 0. The van der Waals surface area contributed by atoms with Crippen molar-refractivity contribution in [3.8, 4) is 0 Å². The van der Waals surface area contributed by atoms with E-state index in [0.29, 0.717) is 13.0 Å². The first kappa shape index (κ1) is 16.8. The molecule has 1 heterocycles. The first-order chi connectivity index (χ1) is 9.08. The average Bonchev–Trinajstić information content (AvgIpc) is 2.83. The van der Waals surface area contributed by atoms with Crippen LogP contribution in [0.5, 0.6) is 0 Å². The molecule has 1 atom stereocenters. The number of rotatable bonds is 10. The minimum Gasteiger partial charge on any atom is -0.379 e. The summed E-state index contributed by atoms with van der Waals surface area (Å²) >= 11 is 0. The van der Waals surface area contributed by atoms with E-state index < -0.39 is 12.6 Å². The van der Waals surface area contributed by atoms with Gasteiger partial charge in [-0.05, 0) is 25.7 Å². The fourth-order valence-electron chi connectivity index (χ4n) is 2.23. The van der Waals surface area contributed by atoms with Crippen molar-refractivity contribution in [2.45, 2.75) is 70.1 Å². The molecule has 114 valence electrons. The predicted octanol–water partition coefficient (Wildman–Crippen LogP) is 4.48. The first-order valence-electron chi connectivity index (χ1n) is 7.34. The molecule has 0 aromatic rings. The fraction of sp³-hybridized carbons (Fsp3) is 1.00. The van der Waals surface area contributed by atoms with Crippen molar-refractivity contribution < 1.29 is 22.6 Å². The molecule has 19 heavy (non-hydrogen) atoms. The van der Waals surface area contributed by atoms with Gasteiger partial charge in [-0.1, -0.05) is 25.7 Å². The van der Waals surface area contributed by atoms with Gasteiger partial charge >= 0.3 is 6.18 Å². The fourth-order valence-corrected chi connectivity index (χ4v) is 2.23. The van der Waals surface area contributed by atoms with Crippen LogP contribution in [0.2, 0.25) is 0 Å². The Balaban J connectivity index is 1.74. The number of alkyl halides is 3.